The molecule has 1 aromatic carbocycles. The Labute approximate surface area is 103 Å². The minimum absolute atomic E-state index is 0.543. The fraction of sp³-hybridized carbons (Fsp3) is 0.571. The van der Waals surface area contributed by atoms with Crippen molar-refractivity contribution in [2.24, 2.45) is 0 Å². The van der Waals surface area contributed by atoms with E-state index in [9.17, 15) is 0 Å². The third-order valence-corrected chi connectivity index (χ3v) is 3.54. The topological polar surface area (TPSA) is 12.0 Å². The van der Waals surface area contributed by atoms with Crippen molar-refractivity contribution in [3.8, 4) is 0 Å². The minimum atomic E-state index is 0.543. The van der Waals surface area contributed by atoms with Crippen LogP contribution in [0.3, 0.4) is 0 Å². The van der Waals surface area contributed by atoms with Crippen LogP contribution < -0.4 is 5.32 Å². The Bertz CT molecular complexity index is 331. The van der Waals surface area contributed by atoms with Crippen LogP contribution in [0.2, 0.25) is 5.02 Å². The van der Waals surface area contributed by atoms with Crippen LogP contribution in [0, 0.1) is 0 Å². The number of rotatable bonds is 4. The molecule has 1 aliphatic rings. The summed E-state index contributed by atoms with van der Waals surface area (Å²) in [6, 6.07) is 9.46. The van der Waals surface area contributed by atoms with Gasteiger partial charge in [0, 0.05) is 17.1 Å². The van der Waals surface area contributed by atoms with E-state index in [0.717, 1.165) is 17.5 Å². The van der Waals surface area contributed by atoms with Gasteiger partial charge in [0.1, 0.15) is 0 Å². The van der Waals surface area contributed by atoms with E-state index in [2.05, 4.69) is 24.4 Å². The molecular weight excluding hydrogens is 218 g/mol. The van der Waals surface area contributed by atoms with Crippen LogP contribution in [0.25, 0.3) is 0 Å². The SMILES string of the molecule is CC(Cc1cccc(Cl)c1)NC1CCCC1. The third kappa shape index (κ3) is 3.50. The second kappa shape index (κ2) is 5.70. The summed E-state index contributed by atoms with van der Waals surface area (Å²) >= 11 is 5.98. The van der Waals surface area contributed by atoms with E-state index in [1.807, 2.05) is 12.1 Å². The van der Waals surface area contributed by atoms with Crippen molar-refractivity contribution < 1.29 is 0 Å². The van der Waals surface area contributed by atoms with Gasteiger partial charge in [0.25, 0.3) is 0 Å². The Morgan fingerprint density at radius 2 is 2.12 bits per heavy atom. The van der Waals surface area contributed by atoms with Gasteiger partial charge in [-0.2, -0.15) is 0 Å². The van der Waals surface area contributed by atoms with Crippen LogP contribution in [0.1, 0.15) is 38.2 Å². The lowest BCUT2D eigenvalue weighted by Crippen LogP contribution is -2.35. The van der Waals surface area contributed by atoms with Gasteiger partial charge in [0.2, 0.25) is 0 Å². The molecule has 1 fully saturated rings. The zero-order valence-corrected chi connectivity index (χ0v) is 10.6. The highest BCUT2D eigenvalue weighted by Gasteiger charge is 2.16. The number of benzene rings is 1. The highest BCUT2D eigenvalue weighted by atomic mass is 35.5. The number of hydrogen-bond donors (Lipinski definition) is 1. The standard InChI is InChI=1S/C14H20ClN/c1-11(16-14-7-2-3-8-14)9-12-5-4-6-13(15)10-12/h4-6,10-11,14,16H,2-3,7-9H2,1H3. The minimum Gasteiger partial charge on any atom is -0.311 e. The molecule has 0 heterocycles. The number of halogens is 1. The van der Waals surface area contributed by atoms with Gasteiger partial charge in [0.15, 0.2) is 0 Å². The van der Waals surface area contributed by atoms with E-state index in [1.165, 1.54) is 31.2 Å². The second-order valence-corrected chi connectivity index (χ2v) is 5.32. The molecule has 1 saturated carbocycles. The predicted octanol–water partition coefficient (Wildman–Crippen LogP) is 3.80. The summed E-state index contributed by atoms with van der Waals surface area (Å²) < 4.78 is 0. The van der Waals surface area contributed by atoms with Crippen molar-refractivity contribution in [2.45, 2.75) is 51.1 Å². The second-order valence-electron chi connectivity index (χ2n) is 4.88. The maximum atomic E-state index is 5.98. The van der Waals surface area contributed by atoms with Gasteiger partial charge < -0.3 is 5.32 Å². The molecule has 1 atom stereocenters. The molecular formula is C14H20ClN. The smallest absolute Gasteiger partial charge is 0.0408 e. The molecule has 1 aromatic rings. The van der Waals surface area contributed by atoms with Crippen LogP contribution >= 0.6 is 11.6 Å². The summed E-state index contributed by atoms with van der Waals surface area (Å²) in [7, 11) is 0. The molecule has 0 saturated heterocycles. The molecule has 2 rings (SSSR count). The van der Waals surface area contributed by atoms with E-state index in [4.69, 9.17) is 11.6 Å². The summed E-state index contributed by atoms with van der Waals surface area (Å²) in [5, 5.41) is 4.54. The first-order chi connectivity index (χ1) is 7.74. The fourth-order valence-electron chi connectivity index (χ4n) is 2.57. The normalized spacial score (nSPS) is 18.9. The first kappa shape index (κ1) is 11.9. The summed E-state index contributed by atoms with van der Waals surface area (Å²) in [5.41, 5.74) is 1.32. The lowest BCUT2D eigenvalue weighted by molar-refractivity contribution is 0.448. The van der Waals surface area contributed by atoms with Crippen LogP contribution in [-0.4, -0.2) is 12.1 Å². The largest absolute Gasteiger partial charge is 0.311 e. The third-order valence-electron chi connectivity index (χ3n) is 3.31. The highest BCUT2D eigenvalue weighted by Crippen LogP contribution is 2.19. The van der Waals surface area contributed by atoms with Gasteiger partial charge in [-0.1, -0.05) is 36.6 Å². The van der Waals surface area contributed by atoms with Crippen LogP contribution in [0.4, 0.5) is 0 Å². The van der Waals surface area contributed by atoms with Gasteiger partial charge in [-0.25, -0.2) is 0 Å². The van der Waals surface area contributed by atoms with Crippen molar-refractivity contribution in [2.75, 3.05) is 0 Å². The average Bonchev–Trinajstić information content (AvgIpc) is 2.70. The lowest BCUT2D eigenvalue weighted by atomic mass is 10.1. The van der Waals surface area contributed by atoms with Crippen LogP contribution in [-0.2, 0) is 6.42 Å². The molecule has 1 N–H and O–H groups in total. The summed E-state index contributed by atoms with van der Waals surface area (Å²) in [6.07, 6.45) is 6.54. The molecule has 16 heavy (non-hydrogen) atoms. The van der Waals surface area contributed by atoms with Gasteiger partial charge in [0.05, 0.1) is 0 Å². The molecule has 88 valence electrons. The zero-order valence-electron chi connectivity index (χ0n) is 9.88. The van der Waals surface area contributed by atoms with E-state index >= 15 is 0 Å². The Balaban J connectivity index is 1.84. The fourth-order valence-corrected chi connectivity index (χ4v) is 2.78. The molecule has 1 nitrogen and oxygen atoms in total. The van der Waals surface area contributed by atoms with E-state index in [-0.39, 0.29) is 0 Å². The molecule has 0 aliphatic heterocycles. The van der Waals surface area contributed by atoms with E-state index in [1.54, 1.807) is 0 Å². The summed E-state index contributed by atoms with van der Waals surface area (Å²) in [4.78, 5) is 0. The molecule has 2 heteroatoms. The van der Waals surface area contributed by atoms with Crippen molar-refractivity contribution in [3.05, 3.63) is 34.9 Å². The predicted molar refractivity (Wildman–Crippen MR) is 70.0 cm³/mol. The summed E-state index contributed by atoms with van der Waals surface area (Å²) in [5.74, 6) is 0. The molecule has 0 radical (unpaired) electrons. The van der Waals surface area contributed by atoms with Crippen molar-refractivity contribution in [3.63, 3.8) is 0 Å². The monoisotopic (exact) mass is 237 g/mol. The Morgan fingerprint density at radius 3 is 2.81 bits per heavy atom. The van der Waals surface area contributed by atoms with Crippen molar-refractivity contribution in [1.29, 1.82) is 0 Å². The van der Waals surface area contributed by atoms with Crippen molar-refractivity contribution in [1.82, 2.24) is 5.32 Å². The molecule has 1 aliphatic carbocycles. The van der Waals surface area contributed by atoms with E-state index in [0.29, 0.717) is 6.04 Å². The molecule has 0 amide bonds. The first-order valence-electron chi connectivity index (χ1n) is 6.24. The molecule has 0 spiro atoms. The Kier molecular flexibility index (Phi) is 4.25. The lowest BCUT2D eigenvalue weighted by Gasteiger charge is -2.19. The van der Waals surface area contributed by atoms with Crippen LogP contribution in [0.5, 0.6) is 0 Å². The molecule has 0 aromatic heterocycles. The number of nitrogens with one attached hydrogen (secondary N) is 1. The molecule has 1 unspecified atom stereocenters. The highest BCUT2D eigenvalue weighted by molar-refractivity contribution is 6.30. The van der Waals surface area contributed by atoms with Gasteiger partial charge in [-0.15, -0.1) is 0 Å². The van der Waals surface area contributed by atoms with Gasteiger partial charge in [-0.3, -0.25) is 0 Å². The number of hydrogen-bond acceptors (Lipinski definition) is 1. The maximum Gasteiger partial charge on any atom is 0.0408 e. The average molecular weight is 238 g/mol. The Hall–Kier alpha value is -0.530. The maximum absolute atomic E-state index is 5.98. The van der Waals surface area contributed by atoms with Gasteiger partial charge in [-0.05, 0) is 43.9 Å². The summed E-state index contributed by atoms with van der Waals surface area (Å²) in [6.45, 7) is 2.26. The quantitative estimate of drug-likeness (QED) is 0.840. The Morgan fingerprint density at radius 1 is 1.38 bits per heavy atom. The van der Waals surface area contributed by atoms with Gasteiger partial charge >= 0.3 is 0 Å². The zero-order chi connectivity index (χ0) is 11.4. The first-order valence-corrected chi connectivity index (χ1v) is 6.62. The van der Waals surface area contributed by atoms with E-state index < -0.39 is 0 Å². The molecule has 0 bridgehead atoms. The van der Waals surface area contributed by atoms with Crippen molar-refractivity contribution >= 4 is 11.6 Å². The van der Waals surface area contributed by atoms with Crippen LogP contribution in [0.15, 0.2) is 24.3 Å².